The SMILES string of the molecule is O=C(N/N=C/c1cc(Cl)cc(I)c1O)c1cc2cc(Cl)ccc2o1. The van der Waals surface area contributed by atoms with Gasteiger partial charge in [-0.2, -0.15) is 5.10 Å². The van der Waals surface area contributed by atoms with E-state index in [1.54, 1.807) is 30.3 Å². The molecule has 0 aliphatic heterocycles. The highest BCUT2D eigenvalue weighted by Crippen LogP contribution is 2.27. The van der Waals surface area contributed by atoms with Crippen molar-refractivity contribution < 1.29 is 14.3 Å². The van der Waals surface area contributed by atoms with E-state index in [9.17, 15) is 9.90 Å². The van der Waals surface area contributed by atoms with Crippen LogP contribution in [0.15, 0.2) is 45.9 Å². The Labute approximate surface area is 160 Å². The molecule has 0 saturated heterocycles. The quantitative estimate of drug-likeness (QED) is 0.325. The van der Waals surface area contributed by atoms with Gasteiger partial charge in [0.2, 0.25) is 0 Å². The van der Waals surface area contributed by atoms with Crippen LogP contribution in [0.25, 0.3) is 11.0 Å². The molecule has 1 heterocycles. The van der Waals surface area contributed by atoms with Crippen LogP contribution in [0.5, 0.6) is 5.75 Å². The van der Waals surface area contributed by atoms with Crippen molar-refractivity contribution in [2.75, 3.05) is 0 Å². The van der Waals surface area contributed by atoms with E-state index in [-0.39, 0.29) is 11.5 Å². The van der Waals surface area contributed by atoms with Crippen molar-refractivity contribution in [3.63, 3.8) is 0 Å². The summed E-state index contributed by atoms with van der Waals surface area (Å²) in [4.78, 5) is 12.1. The van der Waals surface area contributed by atoms with Gasteiger partial charge >= 0.3 is 5.91 Å². The third-order valence-corrected chi connectivity index (χ3v) is 4.41. The van der Waals surface area contributed by atoms with Crippen LogP contribution in [-0.4, -0.2) is 17.2 Å². The third-order valence-electron chi connectivity index (χ3n) is 3.13. The second-order valence-corrected chi connectivity index (χ2v) is 6.85. The second-order valence-electron chi connectivity index (χ2n) is 4.82. The highest BCUT2D eigenvalue weighted by atomic mass is 127. The summed E-state index contributed by atoms with van der Waals surface area (Å²) in [6.45, 7) is 0. The third kappa shape index (κ3) is 3.66. The second kappa shape index (κ2) is 7.00. The molecular formula is C16H9Cl2IN2O3. The van der Waals surface area contributed by atoms with Gasteiger partial charge in [0.15, 0.2) is 5.76 Å². The number of benzene rings is 2. The molecule has 1 amide bonds. The van der Waals surface area contributed by atoms with E-state index in [0.29, 0.717) is 24.8 Å². The minimum absolute atomic E-state index is 0.0383. The number of fused-ring (bicyclic) bond motifs is 1. The van der Waals surface area contributed by atoms with Gasteiger partial charge in [-0.25, -0.2) is 5.43 Å². The van der Waals surface area contributed by atoms with E-state index in [1.165, 1.54) is 12.3 Å². The van der Waals surface area contributed by atoms with E-state index in [4.69, 9.17) is 27.6 Å². The first-order valence-electron chi connectivity index (χ1n) is 6.64. The Hall–Kier alpha value is -1.77. The minimum atomic E-state index is -0.519. The fourth-order valence-corrected chi connectivity index (χ4v) is 3.26. The van der Waals surface area contributed by atoms with Crippen molar-refractivity contribution in [3.8, 4) is 5.75 Å². The number of rotatable bonds is 3. The lowest BCUT2D eigenvalue weighted by Crippen LogP contribution is -2.16. The molecule has 0 aliphatic carbocycles. The molecule has 5 nitrogen and oxygen atoms in total. The molecule has 0 atom stereocenters. The number of carbonyl (C=O) groups excluding carboxylic acids is 1. The number of hydrogen-bond donors (Lipinski definition) is 2. The highest BCUT2D eigenvalue weighted by molar-refractivity contribution is 14.1. The van der Waals surface area contributed by atoms with Crippen molar-refractivity contribution >= 4 is 68.9 Å². The van der Waals surface area contributed by atoms with Gasteiger partial charge in [0.05, 0.1) is 9.78 Å². The summed E-state index contributed by atoms with van der Waals surface area (Å²) < 4.78 is 6.02. The fraction of sp³-hybridized carbons (Fsp3) is 0. The Morgan fingerprint density at radius 1 is 1.21 bits per heavy atom. The van der Waals surface area contributed by atoms with Crippen LogP contribution in [-0.2, 0) is 0 Å². The standard InChI is InChI=1S/C16H9Cl2IN2O3/c17-10-1-2-13-8(3-10)5-14(24-13)16(23)21-20-7-9-4-11(18)6-12(19)15(9)22/h1-7,22H,(H,21,23)/b20-7+. The molecule has 122 valence electrons. The number of hydrazone groups is 1. The number of nitrogens with one attached hydrogen (secondary N) is 1. The largest absolute Gasteiger partial charge is 0.506 e. The van der Waals surface area contributed by atoms with Crippen molar-refractivity contribution in [2.45, 2.75) is 0 Å². The van der Waals surface area contributed by atoms with E-state index in [2.05, 4.69) is 10.5 Å². The summed E-state index contributed by atoms with van der Waals surface area (Å²) in [6, 6.07) is 9.80. The van der Waals surface area contributed by atoms with Crippen molar-refractivity contribution in [2.24, 2.45) is 5.10 Å². The molecule has 3 aromatic rings. The van der Waals surface area contributed by atoms with E-state index in [0.717, 1.165) is 5.39 Å². The molecule has 0 saturated carbocycles. The first-order valence-corrected chi connectivity index (χ1v) is 8.48. The van der Waals surface area contributed by atoms with E-state index in [1.807, 2.05) is 22.6 Å². The summed E-state index contributed by atoms with van der Waals surface area (Å²) in [6.07, 6.45) is 1.31. The Morgan fingerprint density at radius 3 is 2.79 bits per heavy atom. The molecule has 1 aromatic heterocycles. The maximum atomic E-state index is 12.1. The Balaban J connectivity index is 1.77. The predicted octanol–water partition coefficient (Wildman–Crippen LogP) is 4.81. The van der Waals surface area contributed by atoms with E-state index < -0.39 is 5.91 Å². The molecule has 0 bridgehead atoms. The molecule has 0 fully saturated rings. The van der Waals surface area contributed by atoms with Crippen LogP contribution < -0.4 is 5.43 Å². The molecule has 0 unspecified atom stereocenters. The lowest BCUT2D eigenvalue weighted by Gasteiger charge is -2.02. The number of nitrogens with zero attached hydrogens (tertiary/aromatic N) is 1. The maximum absolute atomic E-state index is 12.1. The minimum Gasteiger partial charge on any atom is -0.506 e. The first-order chi connectivity index (χ1) is 11.4. The molecule has 2 aromatic carbocycles. The lowest BCUT2D eigenvalue weighted by atomic mass is 10.2. The molecule has 8 heteroatoms. The number of phenolic OH excluding ortho intramolecular Hbond substituents is 1. The van der Waals surface area contributed by atoms with Crippen LogP contribution in [0.1, 0.15) is 16.1 Å². The summed E-state index contributed by atoms with van der Waals surface area (Å²) in [7, 11) is 0. The fourth-order valence-electron chi connectivity index (χ4n) is 2.03. The van der Waals surface area contributed by atoms with Crippen LogP contribution in [0, 0.1) is 3.57 Å². The molecule has 3 rings (SSSR count). The number of phenols is 1. The predicted molar refractivity (Wildman–Crippen MR) is 102 cm³/mol. The van der Waals surface area contributed by atoms with Gasteiger partial charge in [-0.15, -0.1) is 0 Å². The number of carbonyl (C=O) groups is 1. The summed E-state index contributed by atoms with van der Waals surface area (Å²) in [5.74, 6) is -0.375. The number of halogens is 3. The van der Waals surface area contributed by atoms with Gasteiger partial charge in [-0.1, -0.05) is 23.2 Å². The van der Waals surface area contributed by atoms with E-state index >= 15 is 0 Å². The van der Waals surface area contributed by atoms with Gasteiger partial charge in [0, 0.05) is 21.0 Å². The van der Waals surface area contributed by atoms with Crippen molar-refractivity contribution in [1.29, 1.82) is 0 Å². The Morgan fingerprint density at radius 2 is 2.00 bits per heavy atom. The van der Waals surface area contributed by atoms with Crippen molar-refractivity contribution in [1.82, 2.24) is 5.43 Å². The molecular weight excluding hydrogens is 466 g/mol. The zero-order valence-corrected chi connectivity index (χ0v) is 15.6. The Kier molecular flexibility index (Phi) is 4.98. The molecule has 2 N–H and O–H groups in total. The normalized spacial score (nSPS) is 11.3. The average molecular weight is 475 g/mol. The van der Waals surface area contributed by atoms with Gasteiger partial charge in [-0.3, -0.25) is 4.79 Å². The summed E-state index contributed by atoms with van der Waals surface area (Å²) in [5, 5.41) is 15.5. The lowest BCUT2D eigenvalue weighted by molar-refractivity contribution is 0.0929. The smallest absolute Gasteiger partial charge is 0.307 e. The van der Waals surface area contributed by atoms with Crippen LogP contribution >= 0.6 is 45.8 Å². The average Bonchev–Trinajstić information content (AvgIpc) is 2.95. The number of aromatic hydroxyl groups is 1. The van der Waals surface area contributed by atoms with Crippen LogP contribution in [0.4, 0.5) is 0 Å². The highest BCUT2D eigenvalue weighted by Gasteiger charge is 2.12. The zero-order chi connectivity index (χ0) is 17.3. The number of furan rings is 1. The van der Waals surface area contributed by atoms with Gasteiger partial charge in [-0.05, 0) is 59.0 Å². The van der Waals surface area contributed by atoms with Crippen molar-refractivity contribution in [3.05, 3.63) is 61.3 Å². The molecule has 0 spiro atoms. The first kappa shape index (κ1) is 17.1. The van der Waals surface area contributed by atoms with Gasteiger partial charge in [0.1, 0.15) is 11.3 Å². The number of hydrogen-bond acceptors (Lipinski definition) is 4. The van der Waals surface area contributed by atoms with Gasteiger partial charge < -0.3 is 9.52 Å². The monoisotopic (exact) mass is 474 g/mol. The Bertz CT molecular complexity index is 969. The number of amides is 1. The molecule has 0 aliphatic rings. The maximum Gasteiger partial charge on any atom is 0.307 e. The van der Waals surface area contributed by atoms with Crippen LogP contribution in [0.3, 0.4) is 0 Å². The molecule has 0 radical (unpaired) electrons. The molecule has 24 heavy (non-hydrogen) atoms. The summed E-state index contributed by atoms with van der Waals surface area (Å²) >= 11 is 13.8. The van der Waals surface area contributed by atoms with Gasteiger partial charge in [0.25, 0.3) is 0 Å². The van der Waals surface area contributed by atoms with Crippen LogP contribution in [0.2, 0.25) is 10.0 Å². The summed E-state index contributed by atoms with van der Waals surface area (Å²) in [5.41, 5.74) is 3.28. The topological polar surface area (TPSA) is 74.8 Å². The zero-order valence-electron chi connectivity index (χ0n) is 11.9.